The van der Waals surface area contributed by atoms with Crippen molar-refractivity contribution >= 4 is 23.3 Å². The van der Waals surface area contributed by atoms with Gasteiger partial charge >= 0.3 is 0 Å². The summed E-state index contributed by atoms with van der Waals surface area (Å²) in [6.07, 6.45) is 4.24. The molecule has 3 rings (SSSR count). The molecule has 0 spiro atoms. The normalized spacial score (nSPS) is 11.8. The van der Waals surface area contributed by atoms with Crippen LogP contribution in [0, 0.1) is 0 Å². The second kappa shape index (κ2) is 11.1. The number of aryl methyl sites for hydroxylation is 1. The topological polar surface area (TPSA) is 73.2 Å². The SMILES string of the molecule is CCCOc1ccc(C(=O)N[C@@H](CC)Cc2ccc(-c3cn(C)c(C(C)=O)n3)cc2)cc1Cl. The van der Waals surface area contributed by atoms with Gasteiger partial charge in [-0.25, -0.2) is 4.98 Å². The zero-order valence-corrected chi connectivity index (χ0v) is 20.3. The molecule has 0 aliphatic heterocycles. The summed E-state index contributed by atoms with van der Waals surface area (Å²) in [5, 5.41) is 3.53. The molecule has 1 atom stereocenters. The van der Waals surface area contributed by atoms with Crippen LogP contribution in [0.1, 0.15) is 60.2 Å². The molecule has 1 aromatic heterocycles. The molecule has 0 unspecified atom stereocenters. The molecule has 0 saturated heterocycles. The van der Waals surface area contributed by atoms with E-state index < -0.39 is 0 Å². The number of carbonyl (C=O) groups excluding carboxylic acids is 2. The Kier molecular flexibility index (Phi) is 8.28. The maximum atomic E-state index is 12.8. The number of nitrogens with one attached hydrogen (secondary N) is 1. The quantitative estimate of drug-likeness (QED) is 0.400. The first-order valence-corrected chi connectivity index (χ1v) is 11.6. The van der Waals surface area contributed by atoms with E-state index in [0.717, 1.165) is 29.7 Å². The average Bonchev–Trinajstić information content (AvgIpc) is 3.20. The first-order chi connectivity index (χ1) is 15.8. The number of halogens is 1. The van der Waals surface area contributed by atoms with Crippen molar-refractivity contribution in [2.24, 2.45) is 7.05 Å². The largest absolute Gasteiger partial charge is 0.492 e. The molecule has 0 saturated carbocycles. The molecule has 1 N–H and O–H groups in total. The number of ether oxygens (including phenoxy) is 1. The predicted octanol–water partition coefficient (Wildman–Crippen LogP) is 5.48. The number of amides is 1. The molecule has 7 heteroatoms. The number of imidazole rings is 1. The number of rotatable bonds is 10. The third kappa shape index (κ3) is 6.23. The van der Waals surface area contributed by atoms with Gasteiger partial charge in [-0.05, 0) is 43.0 Å². The van der Waals surface area contributed by atoms with Gasteiger partial charge in [0.05, 0.1) is 17.3 Å². The first-order valence-electron chi connectivity index (χ1n) is 11.2. The van der Waals surface area contributed by atoms with Crippen LogP contribution in [0.15, 0.2) is 48.7 Å². The van der Waals surface area contributed by atoms with Gasteiger partial charge in [0.25, 0.3) is 5.91 Å². The van der Waals surface area contributed by atoms with Gasteiger partial charge < -0.3 is 14.6 Å². The maximum absolute atomic E-state index is 12.8. The van der Waals surface area contributed by atoms with Crippen molar-refractivity contribution in [1.82, 2.24) is 14.9 Å². The molecule has 0 aliphatic carbocycles. The van der Waals surface area contributed by atoms with E-state index in [1.165, 1.54) is 6.92 Å². The Balaban J connectivity index is 1.65. The van der Waals surface area contributed by atoms with Crippen LogP contribution in [-0.2, 0) is 13.5 Å². The molecule has 0 aliphatic rings. The average molecular weight is 468 g/mol. The monoisotopic (exact) mass is 467 g/mol. The smallest absolute Gasteiger partial charge is 0.251 e. The molecule has 1 amide bonds. The summed E-state index contributed by atoms with van der Waals surface area (Å²) in [5.41, 5.74) is 3.32. The van der Waals surface area contributed by atoms with E-state index in [0.29, 0.717) is 35.2 Å². The van der Waals surface area contributed by atoms with Crippen LogP contribution in [0.4, 0.5) is 0 Å². The fourth-order valence-corrected chi connectivity index (χ4v) is 3.80. The Hall–Kier alpha value is -3.12. The summed E-state index contributed by atoms with van der Waals surface area (Å²) < 4.78 is 7.32. The van der Waals surface area contributed by atoms with Gasteiger partial charge in [0, 0.05) is 37.3 Å². The molecule has 33 heavy (non-hydrogen) atoms. The summed E-state index contributed by atoms with van der Waals surface area (Å²) in [5.74, 6) is 0.803. The van der Waals surface area contributed by atoms with Crippen LogP contribution in [-0.4, -0.2) is 33.9 Å². The van der Waals surface area contributed by atoms with Crippen LogP contribution in [0.2, 0.25) is 5.02 Å². The van der Waals surface area contributed by atoms with Crippen molar-refractivity contribution in [3.63, 3.8) is 0 Å². The lowest BCUT2D eigenvalue weighted by Crippen LogP contribution is -2.36. The minimum atomic E-state index is -0.160. The van der Waals surface area contributed by atoms with Crippen molar-refractivity contribution in [3.05, 3.63) is 70.6 Å². The molecule has 0 radical (unpaired) electrons. The highest BCUT2D eigenvalue weighted by Gasteiger charge is 2.15. The highest BCUT2D eigenvalue weighted by atomic mass is 35.5. The predicted molar refractivity (Wildman–Crippen MR) is 131 cm³/mol. The zero-order chi connectivity index (χ0) is 24.0. The molecule has 2 aromatic carbocycles. The van der Waals surface area contributed by atoms with Crippen molar-refractivity contribution in [3.8, 4) is 17.0 Å². The molecule has 174 valence electrons. The molecule has 0 bridgehead atoms. The summed E-state index contributed by atoms with van der Waals surface area (Å²) >= 11 is 6.27. The Morgan fingerprint density at radius 3 is 2.45 bits per heavy atom. The molecule has 1 heterocycles. The lowest BCUT2D eigenvalue weighted by atomic mass is 10.0. The van der Waals surface area contributed by atoms with Gasteiger partial charge in [-0.1, -0.05) is 49.7 Å². The maximum Gasteiger partial charge on any atom is 0.251 e. The standard InChI is InChI=1S/C26H30ClN3O3/c1-5-13-33-24-12-11-20(15-22(24)27)26(32)28-21(6-2)14-18-7-9-19(10-8-18)23-16-30(4)25(29-23)17(3)31/h7-12,15-16,21H,5-6,13-14H2,1-4H3,(H,28,32)/t21-/m0/s1. The summed E-state index contributed by atoms with van der Waals surface area (Å²) in [7, 11) is 1.81. The number of carbonyl (C=O) groups is 2. The van der Waals surface area contributed by atoms with Crippen LogP contribution in [0.5, 0.6) is 5.75 Å². The highest BCUT2D eigenvalue weighted by molar-refractivity contribution is 6.32. The third-order valence-electron chi connectivity index (χ3n) is 5.41. The Bertz CT molecular complexity index is 1120. The summed E-state index contributed by atoms with van der Waals surface area (Å²) in [6, 6.07) is 13.1. The molecule has 0 fully saturated rings. The van der Waals surface area contributed by atoms with E-state index in [2.05, 4.69) is 10.3 Å². The fourth-order valence-electron chi connectivity index (χ4n) is 3.57. The van der Waals surface area contributed by atoms with E-state index in [9.17, 15) is 9.59 Å². The van der Waals surface area contributed by atoms with Crippen LogP contribution in [0.3, 0.4) is 0 Å². The molecule has 6 nitrogen and oxygen atoms in total. The lowest BCUT2D eigenvalue weighted by molar-refractivity contribution is 0.0934. The van der Waals surface area contributed by atoms with Gasteiger partial charge in [-0.15, -0.1) is 0 Å². The number of Topliss-reactive ketones (excluding diaryl/α,β-unsaturated/α-hetero) is 1. The Morgan fingerprint density at radius 2 is 1.88 bits per heavy atom. The van der Waals surface area contributed by atoms with Crippen molar-refractivity contribution in [2.45, 2.75) is 46.1 Å². The van der Waals surface area contributed by atoms with E-state index in [-0.39, 0.29) is 17.7 Å². The number of hydrogen-bond acceptors (Lipinski definition) is 4. The van der Waals surface area contributed by atoms with E-state index >= 15 is 0 Å². The number of hydrogen-bond donors (Lipinski definition) is 1. The second-order valence-electron chi connectivity index (χ2n) is 8.09. The molecular formula is C26H30ClN3O3. The van der Waals surface area contributed by atoms with Gasteiger partial charge in [0.2, 0.25) is 0 Å². The number of nitrogens with zero attached hydrogens (tertiary/aromatic N) is 2. The summed E-state index contributed by atoms with van der Waals surface area (Å²) in [4.78, 5) is 28.8. The minimum absolute atomic E-state index is 0.0164. The van der Waals surface area contributed by atoms with E-state index in [1.54, 1.807) is 22.8 Å². The number of aromatic nitrogens is 2. The van der Waals surface area contributed by atoms with Gasteiger partial charge in [-0.3, -0.25) is 9.59 Å². The van der Waals surface area contributed by atoms with Gasteiger partial charge in [0.15, 0.2) is 11.6 Å². The molecular weight excluding hydrogens is 438 g/mol. The van der Waals surface area contributed by atoms with Crippen molar-refractivity contribution < 1.29 is 14.3 Å². The second-order valence-corrected chi connectivity index (χ2v) is 8.50. The van der Waals surface area contributed by atoms with E-state index in [1.807, 2.05) is 51.4 Å². The van der Waals surface area contributed by atoms with Crippen LogP contribution >= 0.6 is 11.6 Å². The highest BCUT2D eigenvalue weighted by Crippen LogP contribution is 2.26. The van der Waals surface area contributed by atoms with Crippen molar-refractivity contribution in [1.29, 1.82) is 0 Å². The molecule has 3 aromatic rings. The third-order valence-corrected chi connectivity index (χ3v) is 5.70. The minimum Gasteiger partial charge on any atom is -0.492 e. The Morgan fingerprint density at radius 1 is 1.15 bits per heavy atom. The van der Waals surface area contributed by atoms with Gasteiger partial charge in [0.1, 0.15) is 5.75 Å². The lowest BCUT2D eigenvalue weighted by Gasteiger charge is -2.18. The number of ketones is 1. The van der Waals surface area contributed by atoms with Gasteiger partial charge in [-0.2, -0.15) is 0 Å². The first kappa shape index (κ1) is 24.5. The zero-order valence-electron chi connectivity index (χ0n) is 19.5. The fraction of sp³-hybridized carbons (Fsp3) is 0.346. The van der Waals surface area contributed by atoms with Crippen LogP contribution in [0.25, 0.3) is 11.3 Å². The van der Waals surface area contributed by atoms with E-state index in [4.69, 9.17) is 16.3 Å². The Labute approximate surface area is 199 Å². The van der Waals surface area contributed by atoms with Crippen LogP contribution < -0.4 is 10.1 Å². The number of benzene rings is 2. The van der Waals surface area contributed by atoms with Crippen molar-refractivity contribution in [2.75, 3.05) is 6.61 Å². The summed E-state index contributed by atoms with van der Waals surface area (Å²) in [6.45, 7) is 6.17.